The first-order valence-electron chi connectivity index (χ1n) is 5.31. The normalized spacial score (nSPS) is 39.5. The number of carbonyl (C=O) groups is 1. The fraction of sp³-hybridized carbons (Fsp3) is 0.900. The van der Waals surface area contributed by atoms with Gasteiger partial charge in [-0.3, -0.25) is 4.79 Å². The lowest BCUT2D eigenvalue weighted by atomic mass is 10.1. The van der Waals surface area contributed by atoms with Gasteiger partial charge in [0.15, 0.2) is 0 Å². The Bertz CT molecular complexity index is 256. The van der Waals surface area contributed by atoms with Crippen molar-refractivity contribution in [1.82, 2.24) is 5.32 Å². The summed E-state index contributed by atoms with van der Waals surface area (Å²) in [7, 11) is 0. The minimum absolute atomic E-state index is 0.00533. The molecule has 0 aliphatic carbocycles. The van der Waals surface area contributed by atoms with Gasteiger partial charge in [0, 0.05) is 5.92 Å². The number of rotatable bonds is 2. The SMILES string of the molecule is CC(C)C(=O)NC1COC2C(O)COC12. The van der Waals surface area contributed by atoms with E-state index < -0.39 is 6.10 Å². The van der Waals surface area contributed by atoms with Gasteiger partial charge in [-0.25, -0.2) is 0 Å². The van der Waals surface area contributed by atoms with E-state index in [1.807, 2.05) is 13.8 Å². The van der Waals surface area contributed by atoms with Crippen molar-refractivity contribution >= 4 is 5.91 Å². The van der Waals surface area contributed by atoms with Gasteiger partial charge in [-0.15, -0.1) is 0 Å². The number of aliphatic hydroxyl groups is 1. The summed E-state index contributed by atoms with van der Waals surface area (Å²) in [4.78, 5) is 11.5. The van der Waals surface area contributed by atoms with Crippen molar-refractivity contribution < 1.29 is 19.4 Å². The lowest BCUT2D eigenvalue weighted by Gasteiger charge is -2.18. The molecule has 86 valence electrons. The average Bonchev–Trinajstić information content (AvgIpc) is 2.71. The van der Waals surface area contributed by atoms with E-state index in [0.29, 0.717) is 13.2 Å². The van der Waals surface area contributed by atoms with Gasteiger partial charge < -0.3 is 19.9 Å². The molecule has 0 aromatic rings. The van der Waals surface area contributed by atoms with Crippen LogP contribution in [0.15, 0.2) is 0 Å². The van der Waals surface area contributed by atoms with Crippen LogP contribution in [0.2, 0.25) is 0 Å². The van der Waals surface area contributed by atoms with Gasteiger partial charge in [-0.1, -0.05) is 13.8 Å². The van der Waals surface area contributed by atoms with Gasteiger partial charge in [0.2, 0.25) is 5.91 Å². The molecule has 5 heteroatoms. The van der Waals surface area contributed by atoms with Gasteiger partial charge >= 0.3 is 0 Å². The largest absolute Gasteiger partial charge is 0.388 e. The predicted molar refractivity (Wildman–Crippen MR) is 52.3 cm³/mol. The van der Waals surface area contributed by atoms with Crippen molar-refractivity contribution in [2.45, 2.75) is 38.2 Å². The number of ether oxygens (including phenoxy) is 2. The number of carbonyl (C=O) groups excluding carboxylic acids is 1. The third-order valence-electron chi connectivity index (χ3n) is 2.88. The molecule has 0 saturated carbocycles. The maximum absolute atomic E-state index is 11.5. The van der Waals surface area contributed by atoms with Crippen LogP contribution >= 0.6 is 0 Å². The summed E-state index contributed by atoms with van der Waals surface area (Å²) in [5.74, 6) is -0.0513. The quantitative estimate of drug-likeness (QED) is 0.638. The molecule has 1 amide bonds. The molecule has 5 nitrogen and oxygen atoms in total. The zero-order valence-corrected chi connectivity index (χ0v) is 8.97. The summed E-state index contributed by atoms with van der Waals surface area (Å²) in [6.45, 7) is 4.40. The Hall–Kier alpha value is -0.650. The van der Waals surface area contributed by atoms with Gasteiger partial charge in [-0.2, -0.15) is 0 Å². The van der Waals surface area contributed by atoms with Crippen molar-refractivity contribution in [1.29, 1.82) is 0 Å². The molecule has 2 aliphatic heterocycles. The molecule has 0 aromatic heterocycles. The molecule has 15 heavy (non-hydrogen) atoms. The monoisotopic (exact) mass is 215 g/mol. The minimum Gasteiger partial charge on any atom is -0.388 e. The maximum Gasteiger partial charge on any atom is 0.222 e. The highest BCUT2D eigenvalue weighted by molar-refractivity contribution is 5.78. The molecule has 0 radical (unpaired) electrons. The first kappa shape index (κ1) is 10.9. The molecule has 2 fully saturated rings. The molecular weight excluding hydrogens is 198 g/mol. The van der Waals surface area contributed by atoms with Crippen LogP contribution < -0.4 is 5.32 Å². The fourth-order valence-electron chi connectivity index (χ4n) is 1.95. The first-order valence-corrected chi connectivity index (χ1v) is 5.31. The summed E-state index contributed by atoms with van der Waals surface area (Å²) in [5, 5.41) is 12.4. The van der Waals surface area contributed by atoms with Crippen LogP contribution in [0, 0.1) is 5.92 Å². The van der Waals surface area contributed by atoms with Gasteiger partial charge in [0.25, 0.3) is 0 Å². The Morgan fingerprint density at radius 2 is 2.00 bits per heavy atom. The molecule has 0 bridgehead atoms. The average molecular weight is 215 g/mol. The third kappa shape index (κ3) is 2.00. The van der Waals surface area contributed by atoms with Crippen molar-refractivity contribution in [3.63, 3.8) is 0 Å². The van der Waals surface area contributed by atoms with Crippen molar-refractivity contribution in [3.05, 3.63) is 0 Å². The van der Waals surface area contributed by atoms with E-state index in [-0.39, 0.29) is 30.1 Å². The molecule has 2 rings (SSSR count). The molecule has 2 saturated heterocycles. The fourth-order valence-corrected chi connectivity index (χ4v) is 1.95. The van der Waals surface area contributed by atoms with Crippen LogP contribution in [-0.4, -0.2) is 48.6 Å². The molecule has 2 N–H and O–H groups in total. The molecule has 4 atom stereocenters. The second kappa shape index (κ2) is 4.08. The summed E-state index contributed by atoms with van der Waals surface area (Å²) >= 11 is 0. The van der Waals surface area contributed by atoms with Crippen LogP contribution in [0.4, 0.5) is 0 Å². The van der Waals surface area contributed by atoms with Crippen molar-refractivity contribution in [2.24, 2.45) is 5.92 Å². The zero-order valence-electron chi connectivity index (χ0n) is 8.97. The lowest BCUT2D eigenvalue weighted by Crippen LogP contribution is -2.45. The number of hydrogen-bond donors (Lipinski definition) is 2. The summed E-state index contributed by atoms with van der Waals surface area (Å²) in [6, 6.07) is -0.123. The second-order valence-corrected chi connectivity index (χ2v) is 4.43. The van der Waals surface area contributed by atoms with Crippen LogP contribution in [0.25, 0.3) is 0 Å². The topological polar surface area (TPSA) is 67.8 Å². The molecule has 2 heterocycles. The Labute approximate surface area is 88.7 Å². The van der Waals surface area contributed by atoms with Crippen molar-refractivity contribution in [2.75, 3.05) is 13.2 Å². The molecule has 0 spiro atoms. The van der Waals surface area contributed by atoms with Gasteiger partial charge in [-0.05, 0) is 0 Å². The highest BCUT2D eigenvalue weighted by Gasteiger charge is 2.47. The first-order chi connectivity index (χ1) is 7.09. The predicted octanol–water partition coefficient (Wildman–Crippen LogP) is -0.714. The summed E-state index contributed by atoms with van der Waals surface area (Å²) in [6.07, 6.45) is -1.03. The molecular formula is C10H17NO4. The van der Waals surface area contributed by atoms with E-state index in [4.69, 9.17) is 9.47 Å². The smallest absolute Gasteiger partial charge is 0.222 e. The molecule has 2 aliphatic rings. The van der Waals surface area contributed by atoms with Crippen LogP contribution in [0.1, 0.15) is 13.8 Å². The lowest BCUT2D eigenvalue weighted by molar-refractivity contribution is -0.125. The van der Waals surface area contributed by atoms with Gasteiger partial charge in [0.1, 0.15) is 18.3 Å². The molecule has 0 aromatic carbocycles. The maximum atomic E-state index is 11.5. The standard InChI is InChI=1S/C10H17NO4/c1-5(2)10(13)11-6-3-14-9-7(12)4-15-8(6)9/h5-9,12H,3-4H2,1-2H3,(H,11,13). The number of amides is 1. The highest BCUT2D eigenvalue weighted by Crippen LogP contribution is 2.26. The van der Waals surface area contributed by atoms with E-state index >= 15 is 0 Å². The zero-order chi connectivity index (χ0) is 11.0. The highest BCUT2D eigenvalue weighted by atomic mass is 16.6. The number of aliphatic hydroxyl groups excluding tert-OH is 1. The number of hydrogen-bond acceptors (Lipinski definition) is 4. The van der Waals surface area contributed by atoms with Crippen molar-refractivity contribution in [3.8, 4) is 0 Å². The van der Waals surface area contributed by atoms with E-state index in [9.17, 15) is 9.90 Å². The van der Waals surface area contributed by atoms with Crippen LogP contribution in [0.5, 0.6) is 0 Å². The Morgan fingerprint density at radius 3 is 2.67 bits per heavy atom. The van der Waals surface area contributed by atoms with E-state index in [1.165, 1.54) is 0 Å². The summed E-state index contributed by atoms with van der Waals surface area (Å²) in [5.41, 5.74) is 0. The van der Waals surface area contributed by atoms with E-state index in [0.717, 1.165) is 0 Å². The number of fused-ring (bicyclic) bond motifs is 1. The third-order valence-corrected chi connectivity index (χ3v) is 2.88. The Kier molecular flexibility index (Phi) is 2.95. The Balaban J connectivity index is 1.93. The van der Waals surface area contributed by atoms with Crippen LogP contribution in [-0.2, 0) is 14.3 Å². The van der Waals surface area contributed by atoms with E-state index in [1.54, 1.807) is 0 Å². The second-order valence-electron chi connectivity index (χ2n) is 4.43. The van der Waals surface area contributed by atoms with Crippen LogP contribution in [0.3, 0.4) is 0 Å². The van der Waals surface area contributed by atoms with Gasteiger partial charge in [0.05, 0.1) is 19.3 Å². The number of nitrogens with one attached hydrogen (secondary N) is 1. The summed E-state index contributed by atoms with van der Waals surface area (Å²) < 4.78 is 10.8. The molecule has 4 unspecified atom stereocenters. The minimum atomic E-state index is -0.559. The van der Waals surface area contributed by atoms with E-state index in [2.05, 4.69) is 5.32 Å². The Morgan fingerprint density at radius 1 is 1.33 bits per heavy atom.